The fourth-order valence-corrected chi connectivity index (χ4v) is 3.73. The number of carbonyl (C=O) groups is 1. The van der Waals surface area contributed by atoms with Crippen molar-refractivity contribution in [1.29, 1.82) is 0 Å². The quantitative estimate of drug-likeness (QED) is 0.741. The predicted molar refractivity (Wildman–Crippen MR) is 85.2 cm³/mol. The van der Waals surface area contributed by atoms with E-state index in [2.05, 4.69) is 4.72 Å². The molecule has 1 rings (SSSR count). The number of hydrogen-bond acceptors (Lipinski definition) is 5. The molecule has 0 radical (unpaired) electrons. The van der Waals surface area contributed by atoms with E-state index in [0.29, 0.717) is 6.42 Å². The highest BCUT2D eigenvalue weighted by Crippen LogP contribution is 2.25. The van der Waals surface area contributed by atoms with Gasteiger partial charge in [-0.3, -0.25) is 9.52 Å². The Morgan fingerprint density at radius 3 is 2.48 bits per heavy atom. The molecule has 1 aromatic rings. The standard InChI is InChI=1S/C14H21NO4S2/c1-4-5-10-21(17,18)15-14(16)11(2)20-13-8-6-12(19-3)7-9-13/h6-9,11H,4-5,10H2,1-3H3,(H,15,16). The lowest BCUT2D eigenvalue weighted by atomic mass is 10.3. The summed E-state index contributed by atoms with van der Waals surface area (Å²) in [6, 6.07) is 7.26. The molecule has 0 heterocycles. The molecule has 5 nitrogen and oxygen atoms in total. The topological polar surface area (TPSA) is 72.5 Å². The summed E-state index contributed by atoms with van der Waals surface area (Å²) in [5.41, 5.74) is 0. The molecule has 0 aliphatic heterocycles. The van der Waals surface area contributed by atoms with Crippen molar-refractivity contribution in [3.63, 3.8) is 0 Å². The average Bonchev–Trinajstić information content (AvgIpc) is 2.45. The molecule has 0 aliphatic carbocycles. The highest BCUT2D eigenvalue weighted by atomic mass is 32.2. The van der Waals surface area contributed by atoms with Crippen molar-refractivity contribution in [3.8, 4) is 5.75 Å². The number of hydrogen-bond donors (Lipinski definition) is 1. The molecule has 0 bridgehead atoms. The minimum absolute atomic E-state index is 0.0187. The first-order valence-electron chi connectivity index (χ1n) is 6.73. The van der Waals surface area contributed by atoms with Gasteiger partial charge in [0, 0.05) is 4.90 Å². The van der Waals surface area contributed by atoms with Gasteiger partial charge in [-0.05, 0) is 37.6 Å². The number of sulfonamides is 1. The van der Waals surface area contributed by atoms with Crippen molar-refractivity contribution in [2.24, 2.45) is 0 Å². The summed E-state index contributed by atoms with van der Waals surface area (Å²) in [5, 5.41) is -0.491. The summed E-state index contributed by atoms with van der Waals surface area (Å²) in [6.07, 6.45) is 1.31. The Hall–Kier alpha value is -1.21. The smallest absolute Gasteiger partial charge is 0.246 e. The van der Waals surface area contributed by atoms with Crippen LogP contribution in [0.5, 0.6) is 5.75 Å². The normalized spacial score (nSPS) is 12.7. The Morgan fingerprint density at radius 2 is 1.95 bits per heavy atom. The molecule has 0 aromatic heterocycles. The minimum Gasteiger partial charge on any atom is -0.497 e. The van der Waals surface area contributed by atoms with Crippen molar-refractivity contribution >= 4 is 27.7 Å². The van der Waals surface area contributed by atoms with Crippen LogP contribution in [0.2, 0.25) is 0 Å². The molecule has 0 fully saturated rings. The van der Waals surface area contributed by atoms with Gasteiger partial charge in [0.05, 0.1) is 18.1 Å². The fourth-order valence-electron chi connectivity index (χ4n) is 1.53. The molecule has 0 spiro atoms. The van der Waals surface area contributed by atoms with E-state index in [1.165, 1.54) is 11.8 Å². The Kier molecular flexibility index (Phi) is 7.04. The fraction of sp³-hybridized carbons (Fsp3) is 0.500. The third kappa shape index (κ3) is 6.39. The number of carbonyl (C=O) groups excluding carboxylic acids is 1. The van der Waals surface area contributed by atoms with Gasteiger partial charge in [-0.25, -0.2) is 8.42 Å². The zero-order valence-electron chi connectivity index (χ0n) is 12.5. The molecule has 118 valence electrons. The molecule has 0 saturated carbocycles. The van der Waals surface area contributed by atoms with E-state index in [1.54, 1.807) is 26.2 Å². The van der Waals surface area contributed by atoms with E-state index >= 15 is 0 Å². The molecular formula is C14H21NO4S2. The lowest BCUT2D eigenvalue weighted by Gasteiger charge is -2.12. The number of unbranched alkanes of at least 4 members (excludes halogenated alkanes) is 1. The summed E-state index contributed by atoms with van der Waals surface area (Å²) >= 11 is 1.30. The predicted octanol–water partition coefficient (Wildman–Crippen LogP) is 2.42. The van der Waals surface area contributed by atoms with Crippen LogP contribution in [0.1, 0.15) is 26.7 Å². The number of benzene rings is 1. The van der Waals surface area contributed by atoms with Crippen LogP contribution in [0.15, 0.2) is 29.2 Å². The van der Waals surface area contributed by atoms with Crippen LogP contribution in [-0.4, -0.2) is 32.4 Å². The second-order valence-electron chi connectivity index (χ2n) is 4.57. The lowest BCUT2D eigenvalue weighted by molar-refractivity contribution is -0.118. The number of nitrogens with one attached hydrogen (secondary N) is 1. The van der Waals surface area contributed by atoms with Crippen LogP contribution in [-0.2, 0) is 14.8 Å². The summed E-state index contributed by atoms with van der Waals surface area (Å²) in [7, 11) is -1.94. The van der Waals surface area contributed by atoms with Crippen LogP contribution in [0.25, 0.3) is 0 Å². The first-order valence-corrected chi connectivity index (χ1v) is 9.26. The van der Waals surface area contributed by atoms with Gasteiger partial charge in [0.15, 0.2) is 0 Å². The SMILES string of the molecule is CCCCS(=O)(=O)NC(=O)C(C)Sc1ccc(OC)cc1. The maximum Gasteiger partial charge on any atom is 0.246 e. The van der Waals surface area contributed by atoms with Crippen LogP contribution in [0.3, 0.4) is 0 Å². The Bertz CT molecular complexity index is 555. The molecule has 1 atom stereocenters. The molecule has 1 N–H and O–H groups in total. The highest BCUT2D eigenvalue weighted by molar-refractivity contribution is 8.00. The Labute approximate surface area is 130 Å². The highest BCUT2D eigenvalue weighted by Gasteiger charge is 2.20. The van der Waals surface area contributed by atoms with Gasteiger partial charge >= 0.3 is 0 Å². The third-order valence-corrected chi connectivity index (χ3v) is 5.21. The van der Waals surface area contributed by atoms with E-state index in [9.17, 15) is 13.2 Å². The van der Waals surface area contributed by atoms with Gasteiger partial charge in [-0.15, -0.1) is 11.8 Å². The number of amides is 1. The molecular weight excluding hydrogens is 310 g/mol. The Balaban J connectivity index is 2.57. The second kappa shape index (κ2) is 8.29. The molecule has 1 amide bonds. The first kappa shape index (κ1) is 17.8. The van der Waals surface area contributed by atoms with E-state index in [4.69, 9.17) is 4.74 Å². The second-order valence-corrected chi connectivity index (χ2v) is 7.83. The van der Waals surface area contributed by atoms with Gasteiger partial charge in [0.2, 0.25) is 15.9 Å². The number of methoxy groups -OCH3 is 1. The van der Waals surface area contributed by atoms with Gasteiger partial charge in [-0.2, -0.15) is 0 Å². The van der Waals surface area contributed by atoms with E-state index < -0.39 is 21.2 Å². The molecule has 7 heteroatoms. The zero-order chi connectivity index (χ0) is 15.9. The summed E-state index contributed by atoms with van der Waals surface area (Å²) in [5.74, 6) is 0.223. The van der Waals surface area contributed by atoms with Gasteiger partial charge < -0.3 is 4.74 Å². The maximum atomic E-state index is 11.9. The van der Waals surface area contributed by atoms with E-state index in [-0.39, 0.29) is 5.75 Å². The lowest BCUT2D eigenvalue weighted by Crippen LogP contribution is -2.37. The molecule has 21 heavy (non-hydrogen) atoms. The van der Waals surface area contributed by atoms with Crippen LogP contribution >= 0.6 is 11.8 Å². The first-order chi connectivity index (χ1) is 9.88. The molecule has 1 unspecified atom stereocenters. The van der Waals surface area contributed by atoms with Gasteiger partial charge in [0.1, 0.15) is 5.75 Å². The summed E-state index contributed by atoms with van der Waals surface area (Å²) in [4.78, 5) is 12.8. The zero-order valence-corrected chi connectivity index (χ0v) is 14.1. The van der Waals surface area contributed by atoms with Crippen LogP contribution in [0.4, 0.5) is 0 Å². The molecule has 1 aromatic carbocycles. The van der Waals surface area contributed by atoms with Crippen molar-refractivity contribution in [2.45, 2.75) is 36.8 Å². The number of thioether (sulfide) groups is 1. The van der Waals surface area contributed by atoms with Gasteiger partial charge in [0.25, 0.3) is 0 Å². The largest absolute Gasteiger partial charge is 0.497 e. The van der Waals surface area contributed by atoms with E-state index in [1.807, 2.05) is 19.1 Å². The van der Waals surface area contributed by atoms with Crippen molar-refractivity contribution in [1.82, 2.24) is 4.72 Å². The minimum atomic E-state index is -3.52. The van der Waals surface area contributed by atoms with E-state index in [0.717, 1.165) is 17.1 Å². The van der Waals surface area contributed by atoms with Crippen LogP contribution in [0, 0.1) is 0 Å². The maximum absolute atomic E-state index is 11.9. The Morgan fingerprint density at radius 1 is 1.33 bits per heavy atom. The van der Waals surface area contributed by atoms with Crippen molar-refractivity contribution < 1.29 is 17.9 Å². The molecule has 0 aliphatic rings. The van der Waals surface area contributed by atoms with Crippen LogP contribution < -0.4 is 9.46 Å². The van der Waals surface area contributed by atoms with Gasteiger partial charge in [-0.1, -0.05) is 13.3 Å². The average molecular weight is 331 g/mol. The monoisotopic (exact) mass is 331 g/mol. The van der Waals surface area contributed by atoms with Crippen molar-refractivity contribution in [2.75, 3.05) is 12.9 Å². The van der Waals surface area contributed by atoms with Crippen molar-refractivity contribution in [3.05, 3.63) is 24.3 Å². The number of ether oxygens (including phenoxy) is 1. The molecule has 0 saturated heterocycles. The summed E-state index contributed by atoms with van der Waals surface area (Å²) in [6.45, 7) is 3.58. The third-order valence-electron chi connectivity index (χ3n) is 2.76. The number of rotatable bonds is 8. The summed E-state index contributed by atoms with van der Waals surface area (Å²) < 4.78 is 30.5.